The highest BCUT2D eigenvalue weighted by atomic mass is 79.9. The quantitative estimate of drug-likeness (QED) is 0.633. The SMILES string of the molecule is CCOCC(=O)C(C)Br. The summed E-state index contributed by atoms with van der Waals surface area (Å²) in [6, 6.07) is 0. The molecule has 0 bridgehead atoms. The molecule has 0 fully saturated rings. The zero-order valence-electron chi connectivity index (χ0n) is 5.69. The number of ketones is 1. The van der Waals surface area contributed by atoms with Crippen LogP contribution in [0.3, 0.4) is 0 Å². The second-order valence-electron chi connectivity index (χ2n) is 1.72. The Morgan fingerprint density at radius 3 is 2.67 bits per heavy atom. The third-order valence-electron chi connectivity index (χ3n) is 0.892. The predicted molar refractivity (Wildman–Crippen MR) is 39.9 cm³/mol. The molecule has 0 aliphatic carbocycles. The van der Waals surface area contributed by atoms with Gasteiger partial charge in [-0.25, -0.2) is 0 Å². The Labute approximate surface area is 63.7 Å². The highest BCUT2D eigenvalue weighted by Crippen LogP contribution is 1.98. The standard InChI is InChI=1S/C6H11BrO2/c1-3-9-4-6(8)5(2)7/h5H,3-4H2,1-2H3. The Morgan fingerprint density at radius 1 is 1.78 bits per heavy atom. The van der Waals surface area contributed by atoms with Gasteiger partial charge in [-0.1, -0.05) is 15.9 Å². The lowest BCUT2D eigenvalue weighted by atomic mass is 10.3. The first-order chi connectivity index (χ1) is 4.18. The van der Waals surface area contributed by atoms with E-state index in [1.165, 1.54) is 0 Å². The van der Waals surface area contributed by atoms with Gasteiger partial charge in [-0.2, -0.15) is 0 Å². The average Bonchev–Trinajstić information content (AvgIpc) is 1.82. The van der Waals surface area contributed by atoms with Crippen LogP contribution in [0.4, 0.5) is 0 Å². The Balaban J connectivity index is 3.28. The van der Waals surface area contributed by atoms with Crippen LogP contribution in [-0.4, -0.2) is 23.8 Å². The Kier molecular flexibility index (Phi) is 5.00. The van der Waals surface area contributed by atoms with Crippen molar-refractivity contribution in [3.8, 4) is 0 Å². The van der Waals surface area contributed by atoms with E-state index < -0.39 is 0 Å². The van der Waals surface area contributed by atoms with Crippen molar-refractivity contribution in [2.24, 2.45) is 0 Å². The Morgan fingerprint density at radius 2 is 2.33 bits per heavy atom. The lowest BCUT2D eigenvalue weighted by Crippen LogP contribution is -2.16. The number of alkyl halides is 1. The third-order valence-corrected chi connectivity index (χ3v) is 1.40. The first-order valence-electron chi connectivity index (χ1n) is 2.93. The summed E-state index contributed by atoms with van der Waals surface area (Å²) in [6.45, 7) is 4.49. The first kappa shape index (κ1) is 9.11. The largest absolute Gasteiger partial charge is 0.374 e. The van der Waals surface area contributed by atoms with Crippen molar-refractivity contribution in [1.82, 2.24) is 0 Å². The molecule has 0 rings (SSSR count). The van der Waals surface area contributed by atoms with Gasteiger partial charge >= 0.3 is 0 Å². The van der Waals surface area contributed by atoms with Gasteiger partial charge in [0.25, 0.3) is 0 Å². The van der Waals surface area contributed by atoms with Crippen LogP contribution >= 0.6 is 15.9 Å². The zero-order valence-corrected chi connectivity index (χ0v) is 7.27. The van der Waals surface area contributed by atoms with Crippen LogP contribution in [0.25, 0.3) is 0 Å². The van der Waals surface area contributed by atoms with Crippen molar-refractivity contribution >= 4 is 21.7 Å². The molecule has 9 heavy (non-hydrogen) atoms. The zero-order chi connectivity index (χ0) is 7.28. The highest BCUT2D eigenvalue weighted by Gasteiger charge is 2.06. The molecule has 0 radical (unpaired) electrons. The maximum atomic E-state index is 10.7. The van der Waals surface area contributed by atoms with Crippen molar-refractivity contribution in [2.75, 3.05) is 13.2 Å². The molecular weight excluding hydrogens is 184 g/mol. The average molecular weight is 195 g/mol. The minimum absolute atomic E-state index is 0.0796. The van der Waals surface area contributed by atoms with Crippen LogP contribution in [0.15, 0.2) is 0 Å². The van der Waals surface area contributed by atoms with Gasteiger partial charge in [-0.05, 0) is 13.8 Å². The fourth-order valence-electron chi connectivity index (χ4n) is 0.317. The predicted octanol–water partition coefficient (Wildman–Crippen LogP) is 1.38. The fraction of sp³-hybridized carbons (Fsp3) is 0.833. The Hall–Kier alpha value is 0.110. The molecule has 0 aromatic heterocycles. The molecule has 0 aromatic rings. The number of carbonyl (C=O) groups is 1. The lowest BCUT2D eigenvalue weighted by molar-refractivity contribution is -0.122. The maximum absolute atomic E-state index is 10.7. The van der Waals surface area contributed by atoms with Gasteiger partial charge in [-0.15, -0.1) is 0 Å². The van der Waals surface area contributed by atoms with Crippen molar-refractivity contribution in [3.63, 3.8) is 0 Å². The van der Waals surface area contributed by atoms with Crippen LogP contribution in [0, 0.1) is 0 Å². The second kappa shape index (κ2) is 4.94. The number of halogens is 1. The van der Waals surface area contributed by atoms with Crippen LogP contribution in [0.5, 0.6) is 0 Å². The summed E-state index contributed by atoms with van der Waals surface area (Å²) in [4.78, 5) is 10.7. The molecule has 0 aromatic carbocycles. The molecular formula is C6H11BrO2. The molecule has 1 atom stereocenters. The van der Waals surface area contributed by atoms with Gasteiger partial charge in [0, 0.05) is 6.61 Å². The van der Waals surface area contributed by atoms with Crippen molar-refractivity contribution in [3.05, 3.63) is 0 Å². The van der Waals surface area contributed by atoms with Gasteiger partial charge in [0.15, 0.2) is 5.78 Å². The summed E-state index contributed by atoms with van der Waals surface area (Å²) in [5.41, 5.74) is 0. The third kappa shape index (κ3) is 4.60. The van der Waals surface area contributed by atoms with E-state index in [-0.39, 0.29) is 17.2 Å². The molecule has 1 unspecified atom stereocenters. The number of hydrogen-bond donors (Lipinski definition) is 0. The monoisotopic (exact) mass is 194 g/mol. The molecule has 0 spiro atoms. The van der Waals surface area contributed by atoms with Gasteiger partial charge in [0.1, 0.15) is 6.61 Å². The molecule has 0 aliphatic rings. The number of carbonyl (C=O) groups excluding carboxylic acids is 1. The van der Waals surface area contributed by atoms with E-state index in [4.69, 9.17) is 4.74 Å². The summed E-state index contributed by atoms with van der Waals surface area (Å²) < 4.78 is 4.88. The van der Waals surface area contributed by atoms with E-state index in [9.17, 15) is 4.79 Å². The topological polar surface area (TPSA) is 26.3 Å². The summed E-state index contributed by atoms with van der Waals surface area (Å²) in [5, 5.41) is 0. The first-order valence-corrected chi connectivity index (χ1v) is 3.84. The van der Waals surface area contributed by atoms with Crippen LogP contribution in [0.1, 0.15) is 13.8 Å². The van der Waals surface area contributed by atoms with Crippen LogP contribution in [-0.2, 0) is 9.53 Å². The molecule has 0 amide bonds. The van der Waals surface area contributed by atoms with Crippen LogP contribution in [0.2, 0.25) is 0 Å². The second-order valence-corrected chi connectivity index (χ2v) is 3.09. The number of rotatable bonds is 4. The summed E-state index contributed by atoms with van der Waals surface area (Å²) in [7, 11) is 0. The van der Waals surface area contributed by atoms with Gasteiger partial charge in [0.2, 0.25) is 0 Å². The molecule has 54 valence electrons. The normalized spacial score (nSPS) is 13.2. The summed E-state index contributed by atoms with van der Waals surface area (Å²) >= 11 is 3.14. The van der Waals surface area contributed by atoms with E-state index >= 15 is 0 Å². The smallest absolute Gasteiger partial charge is 0.171 e. The van der Waals surface area contributed by atoms with Crippen molar-refractivity contribution in [2.45, 2.75) is 18.7 Å². The van der Waals surface area contributed by atoms with E-state index in [1.54, 1.807) is 6.92 Å². The molecule has 3 heteroatoms. The number of Topliss-reactive ketones (excluding diaryl/α,β-unsaturated/α-hetero) is 1. The molecule has 0 saturated carbocycles. The van der Waals surface area contributed by atoms with Gasteiger partial charge in [-0.3, -0.25) is 4.79 Å². The van der Waals surface area contributed by atoms with E-state index in [1.807, 2.05) is 6.92 Å². The Bertz CT molecular complexity index is 91.1. The van der Waals surface area contributed by atoms with Crippen LogP contribution < -0.4 is 0 Å². The van der Waals surface area contributed by atoms with E-state index in [0.29, 0.717) is 6.61 Å². The van der Waals surface area contributed by atoms with Gasteiger partial charge in [0.05, 0.1) is 4.83 Å². The minimum atomic E-state index is -0.0796. The minimum Gasteiger partial charge on any atom is -0.374 e. The molecule has 0 heterocycles. The summed E-state index contributed by atoms with van der Waals surface area (Å²) in [5.74, 6) is 0.0943. The van der Waals surface area contributed by atoms with E-state index in [0.717, 1.165) is 0 Å². The summed E-state index contributed by atoms with van der Waals surface area (Å²) in [6.07, 6.45) is 0. The maximum Gasteiger partial charge on any atom is 0.171 e. The number of ether oxygens (including phenoxy) is 1. The van der Waals surface area contributed by atoms with Crippen molar-refractivity contribution < 1.29 is 9.53 Å². The molecule has 0 saturated heterocycles. The van der Waals surface area contributed by atoms with Crippen molar-refractivity contribution in [1.29, 1.82) is 0 Å². The fourth-order valence-corrected chi connectivity index (χ4v) is 0.450. The highest BCUT2D eigenvalue weighted by molar-refractivity contribution is 9.10. The molecule has 0 N–H and O–H groups in total. The van der Waals surface area contributed by atoms with E-state index in [2.05, 4.69) is 15.9 Å². The lowest BCUT2D eigenvalue weighted by Gasteiger charge is -2.00. The number of hydrogen-bond acceptors (Lipinski definition) is 2. The van der Waals surface area contributed by atoms with Gasteiger partial charge < -0.3 is 4.74 Å². The molecule has 0 aliphatic heterocycles. The molecule has 2 nitrogen and oxygen atoms in total.